The largest absolute Gasteiger partial charge is 0.375 e. The van der Waals surface area contributed by atoms with Crippen LogP contribution in [0.1, 0.15) is 13.3 Å². The maximum absolute atomic E-state index is 14.8. The van der Waals surface area contributed by atoms with E-state index in [1.807, 2.05) is 0 Å². The van der Waals surface area contributed by atoms with Crippen LogP contribution in [0.5, 0.6) is 0 Å². The Hall–Kier alpha value is -2.93. The molecule has 0 fully saturated rings. The Morgan fingerprint density at radius 3 is 2.39 bits per heavy atom. The van der Waals surface area contributed by atoms with Crippen molar-refractivity contribution < 1.29 is 23.1 Å². The standard InChI is InChI=1S/C19H22FN5O5S/c1-19(18(27)23-28,31(2,29)30)7-10-24-12-16(20)15(11-17(24)26)13-3-5-14(6-4-13)25-21-8-9-22-25/h3-6,8-9,11-12,18,23,27-28H,7,10H2,1-2H3. The van der Waals surface area contributed by atoms with Gasteiger partial charge in [0.25, 0.3) is 5.56 Å². The lowest BCUT2D eigenvalue weighted by molar-refractivity contribution is -0.0232. The van der Waals surface area contributed by atoms with Crippen molar-refractivity contribution >= 4 is 9.84 Å². The summed E-state index contributed by atoms with van der Waals surface area (Å²) in [4.78, 5) is 13.9. The van der Waals surface area contributed by atoms with Crippen LogP contribution in [0.2, 0.25) is 0 Å². The molecule has 0 saturated carbocycles. The molecule has 0 saturated heterocycles. The van der Waals surface area contributed by atoms with Gasteiger partial charge in [0.05, 0.1) is 18.1 Å². The van der Waals surface area contributed by atoms with E-state index in [9.17, 15) is 22.7 Å². The lowest BCUT2D eigenvalue weighted by atomic mass is 10.0. The number of nitrogens with zero attached hydrogens (tertiary/aromatic N) is 4. The summed E-state index contributed by atoms with van der Waals surface area (Å²) in [5.41, 5.74) is 2.20. The van der Waals surface area contributed by atoms with E-state index in [2.05, 4.69) is 10.2 Å². The van der Waals surface area contributed by atoms with E-state index in [0.29, 0.717) is 11.3 Å². The summed E-state index contributed by atoms with van der Waals surface area (Å²) in [5.74, 6) is -0.675. The molecule has 0 amide bonds. The number of aryl methyl sites for hydroxylation is 1. The molecule has 0 spiro atoms. The van der Waals surface area contributed by atoms with Gasteiger partial charge in [-0.25, -0.2) is 12.8 Å². The Labute approximate surface area is 177 Å². The first-order valence-electron chi connectivity index (χ1n) is 9.21. The fraction of sp³-hybridized carbons (Fsp3) is 0.316. The van der Waals surface area contributed by atoms with Crippen LogP contribution in [0.15, 0.2) is 53.7 Å². The summed E-state index contributed by atoms with van der Waals surface area (Å²) in [7, 11) is -3.84. The zero-order valence-electron chi connectivity index (χ0n) is 16.8. The summed E-state index contributed by atoms with van der Waals surface area (Å²) in [6.45, 7) is 1.03. The molecule has 0 aliphatic heterocycles. The lowest BCUT2D eigenvalue weighted by Gasteiger charge is -2.31. The van der Waals surface area contributed by atoms with E-state index in [-0.39, 0.29) is 18.5 Å². The fourth-order valence-electron chi connectivity index (χ4n) is 3.07. The van der Waals surface area contributed by atoms with Crippen LogP contribution in [-0.2, 0) is 16.4 Å². The molecule has 3 aromatic rings. The number of hydroxylamine groups is 1. The fourth-order valence-corrected chi connectivity index (χ4v) is 3.99. The molecule has 12 heteroatoms. The van der Waals surface area contributed by atoms with Crippen molar-refractivity contribution in [1.29, 1.82) is 0 Å². The molecule has 0 bridgehead atoms. The number of hydrogen-bond donors (Lipinski definition) is 3. The van der Waals surface area contributed by atoms with Gasteiger partial charge in [-0.1, -0.05) is 12.1 Å². The average molecular weight is 451 g/mol. The smallest absolute Gasteiger partial charge is 0.251 e. The molecule has 166 valence electrons. The minimum absolute atomic E-state index is 0.0872. The quantitative estimate of drug-likeness (QED) is 0.336. The highest BCUT2D eigenvalue weighted by atomic mass is 32.2. The number of sulfone groups is 1. The van der Waals surface area contributed by atoms with Gasteiger partial charge >= 0.3 is 0 Å². The molecule has 2 aromatic heterocycles. The maximum atomic E-state index is 14.8. The summed E-state index contributed by atoms with van der Waals surface area (Å²) < 4.78 is 38.2. The van der Waals surface area contributed by atoms with Crippen molar-refractivity contribution in [3.8, 4) is 16.8 Å². The van der Waals surface area contributed by atoms with Crippen LogP contribution in [-0.4, -0.2) is 55.5 Å². The van der Waals surface area contributed by atoms with Gasteiger partial charge < -0.3 is 14.9 Å². The molecule has 3 rings (SSSR count). The van der Waals surface area contributed by atoms with Crippen molar-refractivity contribution in [1.82, 2.24) is 25.0 Å². The molecular formula is C19H22FN5O5S. The van der Waals surface area contributed by atoms with Gasteiger partial charge in [0.15, 0.2) is 9.84 Å². The minimum atomic E-state index is -3.84. The zero-order valence-corrected chi connectivity index (χ0v) is 17.6. The van der Waals surface area contributed by atoms with Gasteiger partial charge in [-0.05, 0) is 31.0 Å². The second kappa shape index (κ2) is 8.67. The average Bonchev–Trinajstić information content (AvgIpc) is 3.27. The molecular weight excluding hydrogens is 429 g/mol. The molecule has 0 radical (unpaired) electrons. The second-order valence-electron chi connectivity index (χ2n) is 7.30. The first kappa shape index (κ1) is 22.7. The van der Waals surface area contributed by atoms with Gasteiger partial charge in [0.2, 0.25) is 0 Å². The Balaban J connectivity index is 1.86. The molecule has 31 heavy (non-hydrogen) atoms. The maximum Gasteiger partial charge on any atom is 0.251 e. The summed E-state index contributed by atoms with van der Waals surface area (Å²) >= 11 is 0. The normalized spacial score (nSPS) is 14.9. The third-order valence-electron chi connectivity index (χ3n) is 5.30. The topological polar surface area (TPSA) is 139 Å². The Bertz CT molecular complexity index is 1210. The van der Waals surface area contributed by atoms with Gasteiger partial charge in [-0.3, -0.25) is 4.79 Å². The van der Waals surface area contributed by atoms with Gasteiger partial charge in [-0.15, -0.1) is 0 Å². The van der Waals surface area contributed by atoms with Crippen LogP contribution in [0.4, 0.5) is 4.39 Å². The first-order valence-corrected chi connectivity index (χ1v) is 11.1. The van der Waals surface area contributed by atoms with Crippen LogP contribution < -0.4 is 11.0 Å². The molecule has 2 heterocycles. The lowest BCUT2D eigenvalue weighted by Crippen LogP contribution is -2.53. The first-order chi connectivity index (χ1) is 14.6. The van der Waals surface area contributed by atoms with Crippen molar-refractivity contribution in [2.45, 2.75) is 30.9 Å². The monoisotopic (exact) mass is 451 g/mol. The molecule has 0 aliphatic carbocycles. The molecule has 2 unspecified atom stereocenters. The molecule has 0 aliphatic rings. The van der Waals surface area contributed by atoms with Gasteiger partial charge in [0.1, 0.15) is 16.8 Å². The van der Waals surface area contributed by atoms with Crippen LogP contribution >= 0.6 is 0 Å². The third kappa shape index (κ3) is 4.56. The number of aromatic nitrogens is 4. The summed E-state index contributed by atoms with van der Waals surface area (Å²) in [5, 5.41) is 26.9. The summed E-state index contributed by atoms with van der Waals surface area (Å²) in [6.07, 6.45) is 2.91. The number of aliphatic hydroxyl groups excluding tert-OH is 1. The Kier molecular flexibility index (Phi) is 6.36. The van der Waals surface area contributed by atoms with Crippen molar-refractivity contribution in [3.63, 3.8) is 0 Å². The van der Waals surface area contributed by atoms with Crippen molar-refractivity contribution in [2.24, 2.45) is 0 Å². The highest BCUT2D eigenvalue weighted by Crippen LogP contribution is 2.26. The number of halogens is 1. The highest BCUT2D eigenvalue weighted by molar-refractivity contribution is 7.92. The Morgan fingerprint density at radius 2 is 1.84 bits per heavy atom. The van der Waals surface area contributed by atoms with E-state index in [1.165, 1.54) is 29.6 Å². The molecule has 1 aromatic carbocycles. The van der Waals surface area contributed by atoms with Crippen molar-refractivity contribution in [3.05, 3.63) is 65.1 Å². The van der Waals surface area contributed by atoms with Crippen LogP contribution in [0.25, 0.3) is 16.8 Å². The number of nitrogens with one attached hydrogen (secondary N) is 1. The van der Waals surface area contributed by atoms with E-state index in [4.69, 9.17) is 5.21 Å². The number of rotatable bonds is 8. The van der Waals surface area contributed by atoms with Crippen LogP contribution in [0, 0.1) is 5.82 Å². The van der Waals surface area contributed by atoms with Gasteiger partial charge in [-0.2, -0.15) is 20.5 Å². The minimum Gasteiger partial charge on any atom is -0.375 e. The Morgan fingerprint density at radius 1 is 1.23 bits per heavy atom. The summed E-state index contributed by atoms with van der Waals surface area (Å²) in [6, 6.07) is 7.74. The van der Waals surface area contributed by atoms with E-state index < -0.39 is 32.2 Å². The third-order valence-corrected chi connectivity index (χ3v) is 7.42. The molecule has 2 atom stereocenters. The number of hydrogen-bond acceptors (Lipinski definition) is 8. The molecule has 3 N–H and O–H groups in total. The van der Waals surface area contributed by atoms with E-state index in [0.717, 1.165) is 23.1 Å². The predicted octanol–water partition coefficient (Wildman–Crippen LogP) is 0.726. The number of aliphatic hydroxyl groups is 1. The SMILES string of the molecule is CC(CCn1cc(F)c(-c2ccc(-n3nccn3)cc2)cc1=O)(C(O)NO)S(C)(=O)=O. The zero-order chi connectivity index (χ0) is 22.8. The number of pyridine rings is 1. The van der Waals surface area contributed by atoms with Gasteiger partial charge in [0, 0.05) is 30.6 Å². The van der Waals surface area contributed by atoms with E-state index in [1.54, 1.807) is 24.3 Å². The van der Waals surface area contributed by atoms with Crippen LogP contribution in [0.3, 0.4) is 0 Å². The second-order valence-corrected chi connectivity index (χ2v) is 9.78. The molecule has 10 nitrogen and oxygen atoms in total. The predicted molar refractivity (Wildman–Crippen MR) is 110 cm³/mol. The van der Waals surface area contributed by atoms with E-state index >= 15 is 0 Å². The highest BCUT2D eigenvalue weighted by Gasteiger charge is 2.42. The van der Waals surface area contributed by atoms with Crippen molar-refractivity contribution in [2.75, 3.05) is 6.26 Å². The number of benzene rings is 1.